The summed E-state index contributed by atoms with van der Waals surface area (Å²) in [4.78, 5) is 12.4. The summed E-state index contributed by atoms with van der Waals surface area (Å²) in [6.07, 6.45) is 5.67. The fraction of sp³-hybridized carbons (Fsp3) is 0.409. The van der Waals surface area contributed by atoms with E-state index >= 15 is 0 Å². The molecule has 0 saturated carbocycles. The van der Waals surface area contributed by atoms with E-state index in [2.05, 4.69) is 35.1 Å². The van der Waals surface area contributed by atoms with Gasteiger partial charge in [0.1, 0.15) is 11.5 Å². The molecule has 5 heteroatoms. The number of ether oxygens (including phenoxy) is 2. The zero-order valence-electron chi connectivity index (χ0n) is 16.1. The molecule has 0 aliphatic carbocycles. The van der Waals surface area contributed by atoms with Gasteiger partial charge in [-0.25, -0.2) is 0 Å². The van der Waals surface area contributed by atoms with Crippen molar-refractivity contribution in [3.8, 4) is 11.5 Å². The van der Waals surface area contributed by atoms with Crippen LogP contribution < -0.4 is 14.8 Å². The quantitative estimate of drug-likeness (QED) is 0.414. The molecule has 27 heavy (non-hydrogen) atoms. The number of carbonyl (C=O) groups excluding carboxylic acids is 1. The molecule has 0 fully saturated rings. The Labute approximate surface area is 170 Å². The van der Waals surface area contributed by atoms with Crippen molar-refractivity contribution in [2.45, 2.75) is 46.0 Å². The van der Waals surface area contributed by atoms with Gasteiger partial charge in [-0.15, -0.1) is 0 Å². The minimum atomic E-state index is -0.161. The van der Waals surface area contributed by atoms with Crippen molar-refractivity contribution in [3.63, 3.8) is 0 Å². The van der Waals surface area contributed by atoms with Crippen LogP contribution in [0.25, 0.3) is 0 Å². The highest BCUT2D eigenvalue weighted by Gasteiger charge is 2.10. The van der Waals surface area contributed by atoms with Crippen LogP contribution in [0.15, 0.2) is 46.9 Å². The lowest BCUT2D eigenvalue weighted by molar-refractivity contribution is 0.102. The van der Waals surface area contributed by atoms with Crippen LogP contribution in [0.4, 0.5) is 5.69 Å². The molecule has 1 N–H and O–H groups in total. The third-order valence-corrected chi connectivity index (χ3v) is 4.65. The number of carbonyl (C=O) groups is 1. The van der Waals surface area contributed by atoms with Gasteiger partial charge in [0.2, 0.25) is 0 Å². The zero-order chi connectivity index (χ0) is 19.5. The summed E-state index contributed by atoms with van der Waals surface area (Å²) in [6, 6.07) is 12.8. The van der Waals surface area contributed by atoms with Crippen molar-refractivity contribution in [1.82, 2.24) is 0 Å². The topological polar surface area (TPSA) is 47.6 Å². The van der Waals surface area contributed by atoms with Gasteiger partial charge in [0.05, 0.1) is 17.7 Å². The standard InChI is InChI=1S/C22H28BrNO3/c1-3-5-6-7-15-26-19-11-9-18(10-12-19)24-22(25)17-8-13-21(20(23)16-17)27-14-4-2/h8-13,16H,3-7,14-15H2,1-2H3,(H,24,25). The molecule has 0 spiro atoms. The molecule has 0 bridgehead atoms. The second-order valence-corrected chi connectivity index (χ2v) is 7.24. The van der Waals surface area contributed by atoms with E-state index in [1.807, 2.05) is 30.3 Å². The highest BCUT2D eigenvalue weighted by Crippen LogP contribution is 2.26. The van der Waals surface area contributed by atoms with Gasteiger partial charge in [-0.3, -0.25) is 4.79 Å². The number of amides is 1. The highest BCUT2D eigenvalue weighted by molar-refractivity contribution is 9.10. The van der Waals surface area contributed by atoms with Gasteiger partial charge in [-0.2, -0.15) is 0 Å². The Morgan fingerprint density at radius 1 is 0.926 bits per heavy atom. The molecule has 4 nitrogen and oxygen atoms in total. The number of hydrogen-bond acceptors (Lipinski definition) is 3. The van der Waals surface area contributed by atoms with Crippen molar-refractivity contribution in [2.24, 2.45) is 0 Å². The maximum atomic E-state index is 12.4. The molecule has 146 valence electrons. The number of hydrogen-bond donors (Lipinski definition) is 1. The van der Waals surface area contributed by atoms with Crippen LogP contribution in [-0.2, 0) is 0 Å². The lowest BCUT2D eigenvalue weighted by Gasteiger charge is -2.10. The van der Waals surface area contributed by atoms with E-state index in [9.17, 15) is 4.79 Å². The molecule has 0 aliphatic rings. The zero-order valence-corrected chi connectivity index (χ0v) is 17.7. The van der Waals surface area contributed by atoms with Gasteiger partial charge in [0.15, 0.2) is 0 Å². The Kier molecular flexibility index (Phi) is 9.19. The fourth-order valence-electron chi connectivity index (χ4n) is 2.53. The number of anilines is 1. The fourth-order valence-corrected chi connectivity index (χ4v) is 3.02. The minimum absolute atomic E-state index is 0.161. The van der Waals surface area contributed by atoms with Crippen LogP contribution in [0.3, 0.4) is 0 Å². The second-order valence-electron chi connectivity index (χ2n) is 6.38. The molecular weight excluding hydrogens is 406 g/mol. The van der Waals surface area contributed by atoms with Crippen LogP contribution in [0.1, 0.15) is 56.3 Å². The minimum Gasteiger partial charge on any atom is -0.494 e. The van der Waals surface area contributed by atoms with Crippen LogP contribution in [-0.4, -0.2) is 19.1 Å². The molecular formula is C22H28BrNO3. The van der Waals surface area contributed by atoms with E-state index in [0.29, 0.717) is 12.2 Å². The molecule has 0 saturated heterocycles. The summed E-state index contributed by atoms with van der Waals surface area (Å²) < 4.78 is 12.1. The third kappa shape index (κ3) is 7.25. The van der Waals surface area contributed by atoms with Crippen LogP contribution in [0, 0.1) is 0 Å². The van der Waals surface area contributed by atoms with Gasteiger partial charge < -0.3 is 14.8 Å². The van der Waals surface area contributed by atoms with E-state index in [1.165, 1.54) is 19.3 Å². The first-order valence-corrected chi connectivity index (χ1v) is 10.4. The molecule has 0 heterocycles. The van der Waals surface area contributed by atoms with Gasteiger partial charge in [0, 0.05) is 11.3 Å². The molecule has 1 amide bonds. The Balaban J connectivity index is 1.87. The number of nitrogens with one attached hydrogen (secondary N) is 1. The maximum Gasteiger partial charge on any atom is 0.255 e. The summed E-state index contributed by atoms with van der Waals surface area (Å²) in [7, 11) is 0. The number of unbranched alkanes of at least 4 members (excludes halogenated alkanes) is 3. The molecule has 0 radical (unpaired) electrons. The predicted molar refractivity (Wildman–Crippen MR) is 114 cm³/mol. The van der Waals surface area contributed by atoms with Crippen LogP contribution in [0.2, 0.25) is 0 Å². The van der Waals surface area contributed by atoms with E-state index in [1.54, 1.807) is 12.1 Å². The maximum absolute atomic E-state index is 12.4. The molecule has 0 unspecified atom stereocenters. The largest absolute Gasteiger partial charge is 0.494 e. The highest BCUT2D eigenvalue weighted by atomic mass is 79.9. The Morgan fingerprint density at radius 3 is 2.37 bits per heavy atom. The van der Waals surface area contributed by atoms with Crippen molar-refractivity contribution in [2.75, 3.05) is 18.5 Å². The number of rotatable bonds is 11. The number of benzene rings is 2. The summed E-state index contributed by atoms with van der Waals surface area (Å²) in [5.74, 6) is 1.41. The van der Waals surface area contributed by atoms with Gasteiger partial charge in [0.25, 0.3) is 5.91 Å². The lowest BCUT2D eigenvalue weighted by atomic mass is 10.2. The van der Waals surface area contributed by atoms with Crippen molar-refractivity contribution in [1.29, 1.82) is 0 Å². The van der Waals surface area contributed by atoms with Gasteiger partial charge in [-0.1, -0.05) is 33.1 Å². The smallest absolute Gasteiger partial charge is 0.255 e. The Bertz CT molecular complexity index is 716. The molecule has 0 atom stereocenters. The predicted octanol–water partition coefficient (Wildman–Crippen LogP) is 6.45. The van der Waals surface area contributed by atoms with Crippen molar-refractivity contribution < 1.29 is 14.3 Å². The second kappa shape index (κ2) is 11.7. The SMILES string of the molecule is CCCCCCOc1ccc(NC(=O)c2ccc(OCCC)c(Br)c2)cc1. The third-order valence-electron chi connectivity index (χ3n) is 4.03. The normalized spacial score (nSPS) is 10.5. The lowest BCUT2D eigenvalue weighted by Crippen LogP contribution is -2.12. The summed E-state index contributed by atoms with van der Waals surface area (Å²) in [5.41, 5.74) is 1.31. The number of halogens is 1. The summed E-state index contributed by atoms with van der Waals surface area (Å²) in [6.45, 7) is 5.63. The van der Waals surface area contributed by atoms with E-state index < -0.39 is 0 Å². The first-order chi connectivity index (χ1) is 13.1. The van der Waals surface area contributed by atoms with Crippen LogP contribution >= 0.6 is 15.9 Å². The van der Waals surface area contributed by atoms with E-state index in [4.69, 9.17) is 9.47 Å². The van der Waals surface area contributed by atoms with Gasteiger partial charge in [-0.05, 0) is 71.2 Å². The van der Waals surface area contributed by atoms with Gasteiger partial charge >= 0.3 is 0 Å². The van der Waals surface area contributed by atoms with Crippen molar-refractivity contribution >= 4 is 27.5 Å². The first-order valence-electron chi connectivity index (χ1n) is 9.60. The average molecular weight is 434 g/mol. The van der Waals surface area contributed by atoms with E-state index in [-0.39, 0.29) is 5.91 Å². The molecule has 2 aromatic rings. The Morgan fingerprint density at radius 2 is 1.70 bits per heavy atom. The summed E-state index contributed by atoms with van der Waals surface area (Å²) >= 11 is 3.46. The summed E-state index contributed by atoms with van der Waals surface area (Å²) in [5, 5.41) is 2.90. The first kappa shape index (κ1) is 21.3. The van der Waals surface area contributed by atoms with E-state index in [0.717, 1.165) is 41.1 Å². The van der Waals surface area contributed by atoms with Crippen molar-refractivity contribution in [3.05, 3.63) is 52.5 Å². The average Bonchev–Trinajstić information content (AvgIpc) is 2.68. The Hall–Kier alpha value is -2.01. The molecule has 2 rings (SSSR count). The molecule has 2 aromatic carbocycles. The van der Waals surface area contributed by atoms with Crippen LogP contribution in [0.5, 0.6) is 11.5 Å². The molecule has 0 aromatic heterocycles. The molecule has 0 aliphatic heterocycles. The monoisotopic (exact) mass is 433 g/mol.